The van der Waals surface area contributed by atoms with Crippen molar-refractivity contribution >= 4 is 0 Å². The minimum Gasteiger partial charge on any atom is -0.380 e. The molecule has 0 saturated carbocycles. The lowest BCUT2D eigenvalue weighted by atomic mass is 9.85. The Morgan fingerprint density at radius 3 is 2.80 bits per heavy atom. The highest BCUT2D eigenvalue weighted by Gasteiger charge is 2.25. The number of rotatable bonds is 5. The Labute approximate surface area is 94.0 Å². The van der Waals surface area contributed by atoms with Crippen LogP contribution in [0.25, 0.3) is 0 Å². The average molecular weight is 214 g/mol. The normalized spacial score (nSPS) is 23.4. The van der Waals surface area contributed by atoms with E-state index in [1.807, 2.05) is 0 Å². The van der Waals surface area contributed by atoms with Gasteiger partial charge in [-0.05, 0) is 24.8 Å². The largest absolute Gasteiger partial charge is 0.380 e. The van der Waals surface area contributed by atoms with Gasteiger partial charge in [-0.25, -0.2) is 0 Å². The monoisotopic (exact) mass is 214 g/mol. The molecule has 1 saturated heterocycles. The first kappa shape index (κ1) is 12.9. The number of ether oxygens (including phenoxy) is 1. The lowest BCUT2D eigenvalue weighted by Crippen LogP contribution is -2.41. The molecule has 90 valence electrons. The lowest BCUT2D eigenvalue weighted by molar-refractivity contribution is 0.125. The van der Waals surface area contributed by atoms with Crippen LogP contribution in [0.1, 0.15) is 33.1 Å². The van der Waals surface area contributed by atoms with E-state index in [9.17, 15) is 0 Å². The molecular weight excluding hydrogens is 188 g/mol. The summed E-state index contributed by atoms with van der Waals surface area (Å²) in [5.41, 5.74) is 6.18. The zero-order chi connectivity index (χ0) is 11.1. The standard InChI is InChI=1S/C12H26N2O/c1-3-5-12(2,10-13)11-14-6-4-8-15-9-7-14/h3-11,13H2,1-2H3. The van der Waals surface area contributed by atoms with Crippen LogP contribution in [0.15, 0.2) is 0 Å². The van der Waals surface area contributed by atoms with Gasteiger partial charge in [0.2, 0.25) is 0 Å². The average Bonchev–Trinajstić information content (AvgIpc) is 2.47. The number of nitrogens with two attached hydrogens (primary N) is 1. The van der Waals surface area contributed by atoms with Gasteiger partial charge in [0.15, 0.2) is 0 Å². The van der Waals surface area contributed by atoms with E-state index in [2.05, 4.69) is 18.7 Å². The molecule has 3 nitrogen and oxygen atoms in total. The Bertz CT molecular complexity index is 167. The third-order valence-corrected chi connectivity index (χ3v) is 3.27. The molecule has 1 atom stereocenters. The van der Waals surface area contributed by atoms with Crippen LogP contribution in [0.3, 0.4) is 0 Å². The third-order valence-electron chi connectivity index (χ3n) is 3.27. The van der Waals surface area contributed by atoms with E-state index in [1.165, 1.54) is 19.4 Å². The summed E-state index contributed by atoms with van der Waals surface area (Å²) < 4.78 is 5.46. The minimum atomic E-state index is 0.291. The van der Waals surface area contributed by atoms with E-state index >= 15 is 0 Å². The fraction of sp³-hybridized carbons (Fsp3) is 1.00. The van der Waals surface area contributed by atoms with Crippen molar-refractivity contribution in [3.63, 3.8) is 0 Å². The first-order chi connectivity index (χ1) is 7.20. The summed E-state index contributed by atoms with van der Waals surface area (Å²) >= 11 is 0. The van der Waals surface area contributed by atoms with E-state index < -0.39 is 0 Å². The second-order valence-corrected chi connectivity index (χ2v) is 5.01. The summed E-state index contributed by atoms with van der Waals surface area (Å²) in [6.45, 7) is 10.5. The van der Waals surface area contributed by atoms with E-state index in [-0.39, 0.29) is 0 Å². The predicted octanol–water partition coefficient (Wildman–Crippen LogP) is 1.47. The van der Waals surface area contributed by atoms with Crippen LogP contribution in [0, 0.1) is 5.41 Å². The molecule has 0 aromatic rings. The predicted molar refractivity (Wildman–Crippen MR) is 63.9 cm³/mol. The van der Waals surface area contributed by atoms with Gasteiger partial charge in [-0.15, -0.1) is 0 Å². The van der Waals surface area contributed by atoms with E-state index in [1.54, 1.807) is 0 Å². The number of hydrogen-bond acceptors (Lipinski definition) is 3. The molecule has 1 aliphatic rings. The Morgan fingerprint density at radius 2 is 2.13 bits per heavy atom. The molecule has 2 N–H and O–H groups in total. The van der Waals surface area contributed by atoms with Gasteiger partial charge >= 0.3 is 0 Å². The Kier molecular flexibility index (Phi) is 5.58. The van der Waals surface area contributed by atoms with Crippen molar-refractivity contribution in [1.82, 2.24) is 4.90 Å². The van der Waals surface area contributed by atoms with Crippen LogP contribution in [0.4, 0.5) is 0 Å². The summed E-state index contributed by atoms with van der Waals surface area (Å²) in [6.07, 6.45) is 3.60. The zero-order valence-corrected chi connectivity index (χ0v) is 10.3. The third kappa shape index (κ3) is 4.49. The summed E-state index contributed by atoms with van der Waals surface area (Å²) in [5, 5.41) is 0. The van der Waals surface area contributed by atoms with Gasteiger partial charge in [-0.3, -0.25) is 0 Å². The molecule has 0 aromatic heterocycles. The molecular formula is C12H26N2O. The Morgan fingerprint density at radius 1 is 1.33 bits per heavy atom. The lowest BCUT2D eigenvalue weighted by Gasteiger charge is -2.33. The fourth-order valence-corrected chi connectivity index (χ4v) is 2.34. The number of nitrogens with zero attached hydrogens (tertiary/aromatic N) is 1. The van der Waals surface area contributed by atoms with Gasteiger partial charge in [0.1, 0.15) is 0 Å². The van der Waals surface area contributed by atoms with Gasteiger partial charge in [0, 0.05) is 26.2 Å². The van der Waals surface area contributed by atoms with Crippen molar-refractivity contribution in [2.45, 2.75) is 33.1 Å². The SMILES string of the molecule is CCCC(C)(CN)CN1CCCOCC1. The van der Waals surface area contributed by atoms with Gasteiger partial charge in [-0.1, -0.05) is 20.3 Å². The smallest absolute Gasteiger partial charge is 0.0593 e. The van der Waals surface area contributed by atoms with Crippen molar-refractivity contribution in [3.05, 3.63) is 0 Å². The molecule has 0 radical (unpaired) electrons. The highest BCUT2D eigenvalue weighted by Crippen LogP contribution is 2.23. The van der Waals surface area contributed by atoms with E-state index in [4.69, 9.17) is 10.5 Å². The van der Waals surface area contributed by atoms with Crippen LogP contribution in [-0.2, 0) is 4.74 Å². The highest BCUT2D eigenvalue weighted by atomic mass is 16.5. The first-order valence-corrected chi connectivity index (χ1v) is 6.20. The second-order valence-electron chi connectivity index (χ2n) is 5.01. The summed E-state index contributed by atoms with van der Waals surface area (Å²) in [5.74, 6) is 0. The second kappa shape index (κ2) is 6.46. The maximum atomic E-state index is 5.89. The molecule has 15 heavy (non-hydrogen) atoms. The van der Waals surface area contributed by atoms with Crippen LogP contribution in [0.2, 0.25) is 0 Å². The maximum absolute atomic E-state index is 5.89. The molecule has 0 bridgehead atoms. The first-order valence-electron chi connectivity index (χ1n) is 6.20. The molecule has 1 heterocycles. The number of hydrogen-bond donors (Lipinski definition) is 1. The quantitative estimate of drug-likeness (QED) is 0.753. The highest BCUT2D eigenvalue weighted by molar-refractivity contribution is 4.79. The minimum absolute atomic E-state index is 0.291. The van der Waals surface area contributed by atoms with Crippen LogP contribution in [0.5, 0.6) is 0 Å². The van der Waals surface area contributed by atoms with E-state index in [0.717, 1.165) is 39.3 Å². The van der Waals surface area contributed by atoms with E-state index in [0.29, 0.717) is 5.41 Å². The van der Waals surface area contributed by atoms with Gasteiger partial charge in [0.25, 0.3) is 0 Å². The maximum Gasteiger partial charge on any atom is 0.0593 e. The molecule has 3 heteroatoms. The van der Waals surface area contributed by atoms with Crippen molar-refractivity contribution in [3.8, 4) is 0 Å². The van der Waals surface area contributed by atoms with Crippen molar-refractivity contribution in [1.29, 1.82) is 0 Å². The molecule has 0 amide bonds. The van der Waals surface area contributed by atoms with Crippen molar-refractivity contribution in [2.75, 3.05) is 39.4 Å². The molecule has 1 fully saturated rings. The van der Waals surface area contributed by atoms with Crippen LogP contribution < -0.4 is 5.73 Å². The topological polar surface area (TPSA) is 38.5 Å². The van der Waals surface area contributed by atoms with Crippen molar-refractivity contribution < 1.29 is 4.74 Å². The zero-order valence-electron chi connectivity index (χ0n) is 10.3. The van der Waals surface area contributed by atoms with Crippen molar-refractivity contribution in [2.24, 2.45) is 11.1 Å². The Balaban J connectivity index is 2.41. The molecule has 1 aliphatic heterocycles. The fourth-order valence-electron chi connectivity index (χ4n) is 2.34. The van der Waals surface area contributed by atoms with Crippen LogP contribution in [-0.4, -0.2) is 44.3 Å². The van der Waals surface area contributed by atoms with Gasteiger partial charge < -0.3 is 15.4 Å². The Hall–Kier alpha value is -0.120. The molecule has 1 unspecified atom stereocenters. The molecule has 0 spiro atoms. The molecule has 1 rings (SSSR count). The van der Waals surface area contributed by atoms with Gasteiger partial charge in [-0.2, -0.15) is 0 Å². The molecule has 0 aliphatic carbocycles. The summed E-state index contributed by atoms with van der Waals surface area (Å²) in [4.78, 5) is 2.51. The molecule has 0 aromatic carbocycles. The summed E-state index contributed by atoms with van der Waals surface area (Å²) in [6, 6.07) is 0. The van der Waals surface area contributed by atoms with Crippen LogP contribution >= 0.6 is 0 Å². The summed E-state index contributed by atoms with van der Waals surface area (Å²) in [7, 11) is 0. The van der Waals surface area contributed by atoms with Gasteiger partial charge in [0.05, 0.1) is 6.61 Å².